The third-order valence-electron chi connectivity index (χ3n) is 2.62. The van der Waals surface area contributed by atoms with Crippen LogP contribution in [0.4, 0.5) is 11.4 Å². The van der Waals surface area contributed by atoms with Crippen molar-refractivity contribution in [3.63, 3.8) is 0 Å². The summed E-state index contributed by atoms with van der Waals surface area (Å²) in [4.78, 5) is 2.36. The maximum absolute atomic E-state index is 5.22. The number of hydrogen-bond donors (Lipinski definition) is 1. The van der Waals surface area contributed by atoms with Crippen molar-refractivity contribution in [1.29, 1.82) is 0 Å². The third-order valence-corrected chi connectivity index (χ3v) is 2.62. The second kappa shape index (κ2) is 3.78. The zero-order chi connectivity index (χ0) is 9.97. The average molecular weight is 192 g/mol. The van der Waals surface area contributed by atoms with E-state index in [1.807, 2.05) is 6.07 Å². The van der Waals surface area contributed by atoms with Crippen molar-refractivity contribution < 1.29 is 4.74 Å². The van der Waals surface area contributed by atoms with Crippen LogP contribution in [0.3, 0.4) is 0 Å². The number of fused-ring (bicyclic) bond motifs is 1. The molecule has 0 bridgehead atoms. The number of ether oxygens (including phenoxy) is 1. The van der Waals surface area contributed by atoms with E-state index in [4.69, 9.17) is 4.74 Å². The van der Waals surface area contributed by atoms with Gasteiger partial charge in [-0.1, -0.05) is 0 Å². The molecule has 1 aromatic carbocycles. The van der Waals surface area contributed by atoms with Gasteiger partial charge >= 0.3 is 0 Å². The lowest BCUT2D eigenvalue weighted by Crippen LogP contribution is -2.33. The summed E-state index contributed by atoms with van der Waals surface area (Å²) >= 11 is 0. The molecule has 0 amide bonds. The molecule has 3 nitrogen and oxygen atoms in total. The molecule has 0 spiro atoms. The van der Waals surface area contributed by atoms with E-state index in [-0.39, 0.29) is 0 Å². The van der Waals surface area contributed by atoms with Gasteiger partial charge in [0.1, 0.15) is 5.75 Å². The van der Waals surface area contributed by atoms with Gasteiger partial charge in [0, 0.05) is 25.7 Å². The molecule has 1 aromatic rings. The molecule has 0 unspecified atom stereocenters. The fourth-order valence-corrected chi connectivity index (χ4v) is 1.82. The van der Waals surface area contributed by atoms with Crippen LogP contribution in [-0.4, -0.2) is 26.7 Å². The molecule has 2 rings (SSSR count). The van der Waals surface area contributed by atoms with Gasteiger partial charge in [-0.15, -0.1) is 0 Å². The summed E-state index contributed by atoms with van der Waals surface area (Å²) in [6.07, 6.45) is 0. The van der Waals surface area contributed by atoms with Crippen molar-refractivity contribution in [2.24, 2.45) is 0 Å². The Balaban J connectivity index is 2.38. The lowest BCUT2D eigenvalue weighted by Gasteiger charge is -2.31. The van der Waals surface area contributed by atoms with Gasteiger partial charge < -0.3 is 15.0 Å². The topological polar surface area (TPSA) is 24.5 Å². The van der Waals surface area contributed by atoms with Crippen LogP contribution in [0.25, 0.3) is 0 Å². The Bertz CT molecular complexity index is 325. The van der Waals surface area contributed by atoms with Crippen molar-refractivity contribution >= 4 is 11.4 Å². The summed E-state index contributed by atoms with van der Waals surface area (Å²) < 4.78 is 5.22. The molecule has 0 saturated heterocycles. The Kier molecular flexibility index (Phi) is 2.48. The quantitative estimate of drug-likeness (QED) is 0.775. The average Bonchev–Trinajstić information content (AvgIpc) is 2.27. The number of likely N-dealkylation sites (N-methyl/N-ethyl adjacent to an activating group) is 1. The predicted molar refractivity (Wildman–Crippen MR) is 59.4 cm³/mol. The van der Waals surface area contributed by atoms with E-state index in [2.05, 4.69) is 29.3 Å². The van der Waals surface area contributed by atoms with Gasteiger partial charge in [-0.05, 0) is 19.1 Å². The first kappa shape index (κ1) is 9.19. The van der Waals surface area contributed by atoms with Crippen LogP contribution in [0, 0.1) is 0 Å². The van der Waals surface area contributed by atoms with E-state index in [9.17, 15) is 0 Å². The number of nitrogens with zero attached hydrogens (tertiary/aromatic N) is 1. The van der Waals surface area contributed by atoms with Gasteiger partial charge in [0.15, 0.2) is 0 Å². The molecule has 0 aromatic heterocycles. The van der Waals surface area contributed by atoms with Crippen molar-refractivity contribution in [1.82, 2.24) is 0 Å². The summed E-state index contributed by atoms with van der Waals surface area (Å²) in [6, 6.07) is 6.16. The number of rotatable bonds is 2. The van der Waals surface area contributed by atoms with Crippen LogP contribution in [0.2, 0.25) is 0 Å². The van der Waals surface area contributed by atoms with Gasteiger partial charge in [-0.2, -0.15) is 0 Å². The fraction of sp³-hybridized carbons (Fsp3) is 0.455. The van der Waals surface area contributed by atoms with E-state index >= 15 is 0 Å². The molecular weight excluding hydrogens is 176 g/mol. The minimum absolute atomic E-state index is 0.922. The number of benzene rings is 1. The van der Waals surface area contributed by atoms with Crippen LogP contribution in [0.1, 0.15) is 6.92 Å². The van der Waals surface area contributed by atoms with E-state index in [0.29, 0.717) is 0 Å². The molecule has 0 radical (unpaired) electrons. The largest absolute Gasteiger partial charge is 0.497 e. The van der Waals surface area contributed by atoms with Crippen molar-refractivity contribution in [3.05, 3.63) is 18.2 Å². The van der Waals surface area contributed by atoms with Crippen LogP contribution >= 0.6 is 0 Å². The summed E-state index contributed by atoms with van der Waals surface area (Å²) in [5.41, 5.74) is 2.46. The minimum Gasteiger partial charge on any atom is -0.497 e. The molecule has 1 N–H and O–H groups in total. The fourth-order valence-electron chi connectivity index (χ4n) is 1.82. The maximum atomic E-state index is 5.22. The first-order valence-electron chi connectivity index (χ1n) is 5.02. The Morgan fingerprint density at radius 2 is 2.36 bits per heavy atom. The van der Waals surface area contributed by atoms with Gasteiger partial charge in [0.05, 0.1) is 18.5 Å². The van der Waals surface area contributed by atoms with Gasteiger partial charge in [0.2, 0.25) is 0 Å². The Morgan fingerprint density at radius 1 is 1.50 bits per heavy atom. The molecule has 1 aliphatic heterocycles. The zero-order valence-electron chi connectivity index (χ0n) is 8.71. The van der Waals surface area contributed by atoms with Crippen molar-refractivity contribution in [2.45, 2.75) is 6.92 Å². The van der Waals surface area contributed by atoms with Crippen LogP contribution in [-0.2, 0) is 0 Å². The van der Waals surface area contributed by atoms with Crippen molar-refractivity contribution in [3.8, 4) is 5.75 Å². The molecule has 0 aliphatic carbocycles. The summed E-state index contributed by atoms with van der Waals surface area (Å²) in [7, 11) is 1.70. The van der Waals surface area contributed by atoms with E-state index < -0.39 is 0 Å². The van der Waals surface area contributed by atoms with Gasteiger partial charge in [0.25, 0.3) is 0 Å². The second-order valence-corrected chi connectivity index (χ2v) is 3.39. The molecule has 0 saturated carbocycles. The lowest BCUT2D eigenvalue weighted by atomic mass is 10.2. The predicted octanol–water partition coefficient (Wildman–Crippen LogP) is 1.95. The summed E-state index contributed by atoms with van der Waals surface area (Å²) in [5, 5.41) is 3.38. The molecular formula is C11H16N2O. The molecule has 14 heavy (non-hydrogen) atoms. The molecule has 3 heteroatoms. The molecule has 76 valence electrons. The highest BCUT2D eigenvalue weighted by molar-refractivity contribution is 5.73. The number of hydrogen-bond acceptors (Lipinski definition) is 3. The lowest BCUT2D eigenvalue weighted by molar-refractivity contribution is 0.415. The van der Waals surface area contributed by atoms with Crippen LogP contribution in [0.15, 0.2) is 18.2 Å². The number of nitrogens with one attached hydrogen (secondary N) is 1. The van der Waals surface area contributed by atoms with E-state index in [1.54, 1.807) is 7.11 Å². The standard InChI is InChI=1S/C11H16N2O/c1-3-13-7-6-12-10-5-4-9(14-2)8-11(10)13/h4-5,8,12H,3,6-7H2,1-2H3. The zero-order valence-corrected chi connectivity index (χ0v) is 8.71. The first-order chi connectivity index (χ1) is 6.85. The highest BCUT2D eigenvalue weighted by atomic mass is 16.5. The number of anilines is 2. The molecule has 0 fully saturated rings. The van der Waals surface area contributed by atoms with E-state index in [1.165, 1.54) is 11.4 Å². The first-order valence-corrected chi connectivity index (χ1v) is 5.02. The molecule has 0 atom stereocenters. The Labute approximate surface area is 84.7 Å². The summed E-state index contributed by atoms with van der Waals surface area (Å²) in [5.74, 6) is 0.922. The summed E-state index contributed by atoms with van der Waals surface area (Å²) in [6.45, 7) is 5.31. The number of methoxy groups -OCH3 is 1. The van der Waals surface area contributed by atoms with Crippen LogP contribution in [0.5, 0.6) is 5.75 Å². The highest BCUT2D eigenvalue weighted by Crippen LogP contribution is 2.32. The minimum atomic E-state index is 0.922. The second-order valence-electron chi connectivity index (χ2n) is 3.39. The maximum Gasteiger partial charge on any atom is 0.121 e. The molecule has 1 aliphatic rings. The molecule has 1 heterocycles. The van der Waals surface area contributed by atoms with Gasteiger partial charge in [-0.3, -0.25) is 0 Å². The van der Waals surface area contributed by atoms with Crippen molar-refractivity contribution in [2.75, 3.05) is 37.0 Å². The monoisotopic (exact) mass is 192 g/mol. The van der Waals surface area contributed by atoms with Gasteiger partial charge in [-0.25, -0.2) is 0 Å². The normalized spacial score (nSPS) is 14.6. The Hall–Kier alpha value is -1.38. The van der Waals surface area contributed by atoms with Crippen LogP contribution < -0.4 is 15.0 Å². The highest BCUT2D eigenvalue weighted by Gasteiger charge is 2.15. The smallest absolute Gasteiger partial charge is 0.121 e. The van der Waals surface area contributed by atoms with E-state index in [0.717, 1.165) is 25.4 Å². The third kappa shape index (κ3) is 1.50. The SMILES string of the molecule is CCN1CCNc2ccc(OC)cc21. The Morgan fingerprint density at radius 3 is 3.07 bits per heavy atom.